The zero-order chi connectivity index (χ0) is 14.5. The fourth-order valence-electron chi connectivity index (χ4n) is 1.67. The van der Waals surface area contributed by atoms with Crippen molar-refractivity contribution < 1.29 is 12.8 Å². The molecule has 0 fully saturated rings. The van der Waals surface area contributed by atoms with Gasteiger partial charge in [-0.15, -0.1) is 6.58 Å². The maximum atomic E-state index is 13.5. The minimum atomic E-state index is -3.89. The molecule has 102 valence electrons. The number of hydrogen-bond acceptors (Lipinski definition) is 3. The smallest absolute Gasteiger partial charge is 0.207 e. The van der Waals surface area contributed by atoms with Gasteiger partial charge in [0.15, 0.2) is 0 Å². The molecule has 19 heavy (non-hydrogen) atoms. The molecular formula is C13H15FN2O2S. The number of benzene rings is 1. The van der Waals surface area contributed by atoms with Gasteiger partial charge in [-0.05, 0) is 18.6 Å². The predicted molar refractivity (Wildman–Crippen MR) is 70.4 cm³/mol. The van der Waals surface area contributed by atoms with Crippen LogP contribution in [0.1, 0.15) is 18.9 Å². The van der Waals surface area contributed by atoms with E-state index in [0.29, 0.717) is 6.42 Å². The van der Waals surface area contributed by atoms with E-state index in [1.165, 1.54) is 22.5 Å². The zero-order valence-electron chi connectivity index (χ0n) is 10.6. The normalized spacial score (nSPS) is 11.3. The zero-order valence-corrected chi connectivity index (χ0v) is 11.5. The summed E-state index contributed by atoms with van der Waals surface area (Å²) >= 11 is 0. The van der Waals surface area contributed by atoms with Gasteiger partial charge >= 0.3 is 0 Å². The lowest BCUT2D eigenvalue weighted by Gasteiger charge is -2.20. The van der Waals surface area contributed by atoms with Crippen molar-refractivity contribution in [2.24, 2.45) is 0 Å². The molecule has 0 atom stereocenters. The Balaban J connectivity index is 3.38. The summed E-state index contributed by atoms with van der Waals surface area (Å²) in [5, 5.41) is 8.91. The minimum Gasteiger partial charge on any atom is -0.207 e. The standard InChI is InChI=1S/C13H15FN2O2S/c1-3-8-16(9-4-2)19(17,18)13-7-5-6-12(14)11(13)10-15/h3,5-7H,1,4,8-9H2,2H3. The summed E-state index contributed by atoms with van der Waals surface area (Å²) in [6.45, 7) is 5.75. The largest absolute Gasteiger partial charge is 0.244 e. The molecule has 6 heteroatoms. The molecule has 0 bridgehead atoms. The van der Waals surface area contributed by atoms with Gasteiger partial charge in [-0.1, -0.05) is 19.1 Å². The van der Waals surface area contributed by atoms with Crippen LogP contribution in [0.25, 0.3) is 0 Å². The van der Waals surface area contributed by atoms with Gasteiger partial charge < -0.3 is 0 Å². The van der Waals surface area contributed by atoms with Gasteiger partial charge in [0.25, 0.3) is 0 Å². The van der Waals surface area contributed by atoms with Crippen molar-refractivity contribution in [3.63, 3.8) is 0 Å². The van der Waals surface area contributed by atoms with Crippen LogP contribution in [-0.2, 0) is 10.0 Å². The maximum Gasteiger partial charge on any atom is 0.244 e. The highest BCUT2D eigenvalue weighted by Crippen LogP contribution is 2.22. The molecule has 0 aromatic heterocycles. The molecule has 0 aliphatic carbocycles. The van der Waals surface area contributed by atoms with Crippen LogP contribution in [0.2, 0.25) is 0 Å². The van der Waals surface area contributed by atoms with Crippen molar-refractivity contribution in [2.75, 3.05) is 13.1 Å². The first-order valence-corrected chi connectivity index (χ1v) is 7.22. The molecule has 0 spiro atoms. The molecule has 0 aliphatic heterocycles. The number of nitrogens with zero attached hydrogens (tertiary/aromatic N) is 2. The van der Waals surface area contributed by atoms with Crippen LogP contribution in [0.4, 0.5) is 4.39 Å². The lowest BCUT2D eigenvalue weighted by Crippen LogP contribution is -2.32. The van der Waals surface area contributed by atoms with Crippen molar-refractivity contribution in [3.05, 3.63) is 42.2 Å². The van der Waals surface area contributed by atoms with E-state index in [9.17, 15) is 12.8 Å². The van der Waals surface area contributed by atoms with E-state index < -0.39 is 21.4 Å². The van der Waals surface area contributed by atoms with Gasteiger partial charge in [0.1, 0.15) is 22.3 Å². The summed E-state index contributed by atoms with van der Waals surface area (Å²) in [5.74, 6) is -0.835. The van der Waals surface area contributed by atoms with Gasteiger partial charge in [-0.2, -0.15) is 9.57 Å². The van der Waals surface area contributed by atoms with Crippen LogP contribution in [0.5, 0.6) is 0 Å². The maximum absolute atomic E-state index is 13.5. The van der Waals surface area contributed by atoms with E-state index in [4.69, 9.17) is 5.26 Å². The van der Waals surface area contributed by atoms with Gasteiger partial charge in [-0.25, -0.2) is 12.8 Å². The van der Waals surface area contributed by atoms with Gasteiger partial charge in [0, 0.05) is 13.1 Å². The first kappa shape index (κ1) is 15.3. The quantitative estimate of drug-likeness (QED) is 0.752. The predicted octanol–water partition coefficient (Wildman–Crippen LogP) is 2.28. The molecule has 1 rings (SSSR count). The van der Waals surface area contributed by atoms with Crippen LogP contribution in [-0.4, -0.2) is 25.8 Å². The monoisotopic (exact) mass is 282 g/mol. The van der Waals surface area contributed by atoms with Crippen molar-refractivity contribution in [1.29, 1.82) is 5.26 Å². The van der Waals surface area contributed by atoms with Crippen LogP contribution >= 0.6 is 0 Å². The Kier molecular flexibility index (Phi) is 5.21. The fourth-order valence-corrected chi connectivity index (χ4v) is 3.32. The first-order chi connectivity index (χ1) is 8.98. The molecule has 1 aromatic carbocycles. The number of sulfonamides is 1. The van der Waals surface area contributed by atoms with Crippen molar-refractivity contribution in [2.45, 2.75) is 18.2 Å². The van der Waals surface area contributed by atoms with Crippen LogP contribution in [0.3, 0.4) is 0 Å². The van der Waals surface area contributed by atoms with E-state index in [1.807, 2.05) is 6.92 Å². The summed E-state index contributed by atoms with van der Waals surface area (Å²) in [6.07, 6.45) is 2.07. The molecule has 0 unspecified atom stereocenters. The summed E-state index contributed by atoms with van der Waals surface area (Å²) in [5.41, 5.74) is -0.451. The lowest BCUT2D eigenvalue weighted by molar-refractivity contribution is 0.440. The molecular weight excluding hydrogens is 267 g/mol. The molecule has 0 N–H and O–H groups in total. The average Bonchev–Trinajstić information content (AvgIpc) is 2.38. The molecule has 0 saturated carbocycles. The summed E-state index contributed by atoms with van der Waals surface area (Å²) in [6, 6.07) is 5.18. The third-order valence-electron chi connectivity index (χ3n) is 2.51. The first-order valence-electron chi connectivity index (χ1n) is 5.78. The van der Waals surface area contributed by atoms with Crippen molar-refractivity contribution in [3.8, 4) is 6.07 Å². The van der Waals surface area contributed by atoms with E-state index in [1.54, 1.807) is 6.07 Å². The van der Waals surface area contributed by atoms with Crippen LogP contribution in [0.15, 0.2) is 35.7 Å². The Morgan fingerprint density at radius 3 is 2.74 bits per heavy atom. The molecule has 0 aliphatic rings. The summed E-state index contributed by atoms with van der Waals surface area (Å²) in [4.78, 5) is -0.301. The number of nitriles is 1. The van der Waals surface area contributed by atoms with Crippen molar-refractivity contribution >= 4 is 10.0 Å². The van der Waals surface area contributed by atoms with E-state index in [0.717, 1.165) is 6.07 Å². The number of rotatable bonds is 6. The van der Waals surface area contributed by atoms with Crippen LogP contribution in [0, 0.1) is 17.1 Å². The molecule has 4 nitrogen and oxygen atoms in total. The molecule has 0 saturated heterocycles. The Morgan fingerprint density at radius 1 is 1.53 bits per heavy atom. The lowest BCUT2D eigenvalue weighted by atomic mass is 10.2. The Labute approximate surface area is 112 Å². The van der Waals surface area contributed by atoms with Crippen LogP contribution < -0.4 is 0 Å². The highest BCUT2D eigenvalue weighted by Gasteiger charge is 2.27. The minimum absolute atomic E-state index is 0.123. The van der Waals surface area contributed by atoms with E-state index >= 15 is 0 Å². The molecule has 0 heterocycles. The topological polar surface area (TPSA) is 61.2 Å². The Hall–Kier alpha value is -1.71. The Bertz CT molecular complexity index is 606. The third kappa shape index (κ3) is 3.19. The number of hydrogen-bond donors (Lipinski definition) is 0. The molecule has 0 radical (unpaired) electrons. The highest BCUT2D eigenvalue weighted by molar-refractivity contribution is 7.89. The van der Waals surface area contributed by atoms with Gasteiger partial charge in [0.05, 0.1) is 0 Å². The SMILES string of the molecule is C=CCN(CCC)S(=O)(=O)c1cccc(F)c1C#N. The second kappa shape index (κ2) is 6.45. The third-order valence-corrected chi connectivity index (χ3v) is 4.42. The average molecular weight is 282 g/mol. The van der Waals surface area contributed by atoms with Gasteiger partial charge in [-0.3, -0.25) is 0 Å². The fraction of sp³-hybridized carbons (Fsp3) is 0.308. The van der Waals surface area contributed by atoms with Crippen molar-refractivity contribution in [1.82, 2.24) is 4.31 Å². The van der Waals surface area contributed by atoms with E-state index in [-0.39, 0.29) is 18.0 Å². The second-order valence-corrected chi connectivity index (χ2v) is 5.78. The summed E-state index contributed by atoms with van der Waals surface area (Å²) < 4.78 is 39.5. The Morgan fingerprint density at radius 2 is 2.21 bits per heavy atom. The second-order valence-electron chi connectivity index (χ2n) is 3.88. The van der Waals surface area contributed by atoms with Gasteiger partial charge in [0.2, 0.25) is 10.0 Å². The molecule has 0 amide bonds. The molecule has 1 aromatic rings. The number of halogens is 1. The van der Waals surface area contributed by atoms with E-state index in [2.05, 4.69) is 6.58 Å². The summed E-state index contributed by atoms with van der Waals surface area (Å²) in [7, 11) is -3.89. The highest BCUT2D eigenvalue weighted by atomic mass is 32.2.